The van der Waals surface area contributed by atoms with E-state index in [0.29, 0.717) is 12.6 Å². The molecule has 1 saturated heterocycles. The highest BCUT2D eigenvalue weighted by Crippen LogP contribution is 2.29. The Kier molecular flexibility index (Phi) is 5.72. The SMILES string of the molecule is CC(C)(C)OC(=O)N1CCCC(NCC2(O)CCCC2)CC1. The van der Waals surface area contributed by atoms with E-state index in [1.54, 1.807) is 0 Å². The molecule has 0 aromatic rings. The van der Waals surface area contributed by atoms with Crippen molar-refractivity contribution in [1.82, 2.24) is 10.2 Å². The molecule has 0 aromatic heterocycles. The van der Waals surface area contributed by atoms with Crippen LogP contribution in [0.4, 0.5) is 4.79 Å². The van der Waals surface area contributed by atoms with Gasteiger partial charge in [-0.2, -0.15) is 0 Å². The predicted octanol–water partition coefficient (Wildman–Crippen LogP) is 2.67. The number of hydrogen-bond acceptors (Lipinski definition) is 4. The third kappa shape index (κ3) is 5.43. The van der Waals surface area contributed by atoms with Gasteiger partial charge in [-0.1, -0.05) is 12.8 Å². The van der Waals surface area contributed by atoms with Crippen LogP contribution in [0.1, 0.15) is 65.7 Å². The maximum Gasteiger partial charge on any atom is 0.410 e. The van der Waals surface area contributed by atoms with E-state index >= 15 is 0 Å². The highest BCUT2D eigenvalue weighted by molar-refractivity contribution is 5.68. The first-order valence-corrected chi connectivity index (χ1v) is 8.71. The maximum atomic E-state index is 12.1. The molecule has 0 bridgehead atoms. The van der Waals surface area contributed by atoms with E-state index in [1.807, 2.05) is 25.7 Å². The lowest BCUT2D eigenvalue weighted by atomic mass is 10.0. The van der Waals surface area contributed by atoms with Gasteiger partial charge in [-0.3, -0.25) is 0 Å². The zero-order chi connectivity index (χ0) is 16.2. The Hall–Kier alpha value is -0.810. The molecular weight excluding hydrogens is 280 g/mol. The Bertz CT molecular complexity index is 373. The molecule has 1 saturated carbocycles. The third-order valence-corrected chi connectivity index (χ3v) is 4.63. The second kappa shape index (κ2) is 7.18. The summed E-state index contributed by atoms with van der Waals surface area (Å²) in [7, 11) is 0. The molecule has 1 aliphatic heterocycles. The Labute approximate surface area is 134 Å². The molecule has 1 heterocycles. The summed E-state index contributed by atoms with van der Waals surface area (Å²) in [5.41, 5.74) is -0.941. The van der Waals surface area contributed by atoms with Crippen molar-refractivity contribution in [3.8, 4) is 0 Å². The summed E-state index contributed by atoms with van der Waals surface area (Å²) < 4.78 is 5.45. The van der Waals surface area contributed by atoms with Crippen molar-refractivity contribution < 1.29 is 14.6 Å². The van der Waals surface area contributed by atoms with Gasteiger partial charge >= 0.3 is 6.09 Å². The first-order valence-electron chi connectivity index (χ1n) is 8.71. The van der Waals surface area contributed by atoms with Crippen molar-refractivity contribution in [2.24, 2.45) is 0 Å². The predicted molar refractivity (Wildman–Crippen MR) is 86.9 cm³/mol. The van der Waals surface area contributed by atoms with Crippen molar-refractivity contribution in [3.05, 3.63) is 0 Å². The molecule has 1 aliphatic carbocycles. The lowest BCUT2D eigenvalue weighted by Crippen LogP contribution is -2.43. The Morgan fingerprint density at radius 1 is 1.23 bits per heavy atom. The fourth-order valence-corrected chi connectivity index (χ4v) is 3.35. The van der Waals surface area contributed by atoms with Crippen LogP contribution in [0.25, 0.3) is 0 Å². The van der Waals surface area contributed by atoms with Crippen molar-refractivity contribution in [2.45, 2.75) is 83.0 Å². The van der Waals surface area contributed by atoms with Crippen molar-refractivity contribution in [1.29, 1.82) is 0 Å². The van der Waals surface area contributed by atoms with Gasteiger partial charge in [-0.05, 0) is 52.9 Å². The summed E-state index contributed by atoms with van der Waals surface area (Å²) >= 11 is 0. The molecule has 2 aliphatic rings. The van der Waals surface area contributed by atoms with Crippen LogP contribution in [0.3, 0.4) is 0 Å². The summed E-state index contributed by atoms with van der Waals surface area (Å²) in [6.07, 6.45) is 6.85. The molecule has 1 amide bonds. The highest BCUT2D eigenvalue weighted by Gasteiger charge is 2.32. The summed E-state index contributed by atoms with van der Waals surface area (Å²) in [6, 6.07) is 0.386. The number of amides is 1. The first kappa shape index (κ1) is 17.5. The highest BCUT2D eigenvalue weighted by atomic mass is 16.6. The fraction of sp³-hybridized carbons (Fsp3) is 0.941. The first-order chi connectivity index (χ1) is 10.3. The van der Waals surface area contributed by atoms with Crippen LogP contribution in [-0.2, 0) is 4.74 Å². The number of hydrogen-bond donors (Lipinski definition) is 2. The molecule has 5 heteroatoms. The number of nitrogens with one attached hydrogen (secondary N) is 1. The smallest absolute Gasteiger partial charge is 0.410 e. The molecule has 2 fully saturated rings. The molecule has 2 rings (SSSR count). The summed E-state index contributed by atoms with van der Waals surface area (Å²) in [6.45, 7) is 7.87. The zero-order valence-electron chi connectivity index (χ0n) is 14.4. The molecule has 0 radical (unpaired) electrons. The fourth-order valence-electron chi connectivity index (χ4n) is 3.35. The molecule has 1 unspecified atom stereocenters. The second-order valence-electron chi connectivity index (χ2n) is 7.91. The van der Waals surface area contributed by atoms with Crippen LogP contribution in [0, 0.1) is 0 Å². The molecule has 2 N–H and O–H groups in total. The van der Waals surface area contributed by atoms with E-state index in [1.165, 1.54) is 0 Å². The number of nitrogens with zero attached hydrogens (tertiary/aromatic N) is 1. The van der Waals surface area contributed by atoms with E-state index < -0.39 is 11.2 Å². The molecule has 0 aromatic carbocycles. The Balaban J connectivity index is 1.76. The molecule has 5 nitrogen and oxygen atoms in total. The number of carbonyl (C=O) groups excluding carboxylic acids is 1. The number of likely N-dealkylation sites (tertiary alicyclic amines) is 1. The van der Waals surface area contributed by atoms with Crippen LogP contribution in [0.2, 0.25) is 0 Å². The molecule has 0 spiro atoms. The van der Waals surface area contributed by atoms with Crippen molar-refractivity contribution >= 4 is 6.09 Å². The number of carbonyl (C=O) groups is 1. The monoisotopic (exact) mass is 312 g/mol. The van der Waals surface area contributed by atoms with Crippen LogP contribution >= 0.6 is 0 Å². The maximum absolute atomic E-state index is 12.1. The van der Waals surface area contributed by atoms with Gasteiger partial charge in [0.15, 0.2) is 0 Å². The summed E-state index contributed by atoms with van der Waals surface area (Å²) in [4.78, 5) is 14.0. The van der Waals surface area contributed by atoms with Crippen molar-refractivity contribution in [3.63, 3.8) is 0 Å². The van der Waals surface area contributed by atoms with Crippen LogP contribution in [0.5, 0.6) is 0 Å². The van der Waals surface area contributed by atoms with Crippen LogP contribution < -0.4 is 5.32 Å². The van der Waals surface area contributed by atoms with Gasteiger partial charge in [0.25, 0.3) is 0 Å². The van der Waals surface area contributed by atoms with E-state index in [4.69, 9.17) is 4.74 Å². The standard InChI is InChI=1S/C17H32N2O3/c1-16(2,3)22-15(20)19-11-6-7-14(8-12-19)18-13-17(21)9-4-5-10-17/h14,18,21H,4-13H2,1-3H3. The molecule has 22 heavy (non-hydrogen) atoms. The van der Waals surface area contributed by atoms with Gasteiger partial charge in [-0.25, -0.2) is 4.79 Å². The van der Waals surface area contributed by atoms with Gasteiger partial charge in [0.2, 0.25) is 0 Å². The number of aliphatic hydroxyl groups is 1. The average molecular weight is 312 g/mol. The lowest BCUT2D eigenvalue weighted by Gasteiger charge is -2.27. The van der Waals surface area contributed by atoms with Gasteiger partial charge in [0, 0.05) is 25.7 Å². The minimum Gasteiger partial charge on any atom is -0.444 e. The van der Waals surface area contributed by atoms with Gasteiger partial charge < -0.3 is 20.1 Å². The summed E-state index contributed by atoms with van der Waals surface area (Å²) in [5, 5.41) is 13.9. The number of ether oxygens (including phenoxy) is 1. The Morgan fingerprint density at radius 3 is 2.55 bits per heavy atom. The minimum atomic E-state index is -0.503. The molecule has 1 atom stereocenters. The number of rotatable bonds is 3. The quantitative estimate of drug-likeness (QED) is 0.841. The van der Waals surface area contributed by atoms with Gasteiger partial charge in [-0.15, -0.1) is 0 Å². The normalized spacial score (nSPS) is 25.8. The van der Waals surface area contributed by atoms with Crippen LogP contribution in [0.15, 0.2) is 0 Å². The second-order valence-corrected chi connectivity index (χ2v) is 7.91. The van der Waals surface area contributed by atoms with Gasteiger partial charge in [0.1, 0.15) is 5.60 Å². The minimum absolute atomic E-state index is 0.206. The average Bonchev–Trinajstić information content (AvgIpc) is 2.71. The molecular formula is C17H32N2O3. The van der Waals surface area contributed by atoms with E-state index in [2.05, 4.69) is 5.32 Å². The molecule has 128 valence electrons. The lowest BCUT2D eigenvalue weighted by molar-refractivity contribution is 0.0252. The third-order valence-electron chi connectivity index (χ3n) is 4.63. The summed E-state index contributed by atoms with van der Waals surface area (Å²) in [5.74, 6) is 0. The van der Waals surface area contributed by atoms with E-state index in [9.17, 15) is 9.90 Å². The topological polar surface area (TPSA) is 61.8 Å². The zero-order valence-corrected chi connectivity index (χ0v) is 14.4. The van der Waals surface area contributed by atoms with Gasteiger partial charge in [0.05, 0.1) is 5.60 Å². The van der Waals surface area contributed by atoms with E-state index in [0.717, 1.165) is 58.0 Å². The van der Waals surface area contributed by atoms with Crippen LogP contribution in [-0.4, -0.2) is 53.0 Å². The largest absolute Gasteiger partial charge is 0.444 e. The van der Waals surface area contributed by atoms with E-state index in [-0.39, 0.29) is 6.09 Å². The van der Waals surface area contributed by atoms with Crippen molar-refractivity contribution in [2.75, 3.05) is 19.6 Å². The Morgan fingerprint density at radius 2 is 1.91 bits per heavy atom.